The summed E-state index contributed by atoms with van der Waals surface area (Å²) in [5, 5.41) is 0. The van der Waals surface area contributed by atoms with Gasteiger partial charge in [-0.15, -0.1) is 0 Å². The molecule has 26 heavy (non-hydrogen) atoms. The third-order valence-corrected chi connectivity index (χ3v) is 4.68. The molecule has 1 aromatic heterocycles. The summed E-state index contributed by atoms with van der Waals surface area (Å²) in [4.78, 5) is 8.91. The number of aromatic nitrogens is 2. The number of rotatable bonds is 13. The summed E-state index contributed by atoms with van der Waals surface area (Å²) in [7, 11) is 0. The molecule has 0 fully saturated rings. The fraction of sp³-hybridized carbons (Fsp3) is 0.565. The molecule has 0 amide bonds. The second kappa shape index (κ2) is 12.5. The van der Waals surface area contributed by atoms with Crippen LogP contribution < -0.4 is 4.74 Å². The van der Waals surface area contributed by atoms with E-state index < -0.39 is 0 Å². The minimum Gasteiger partial charge on any atom is -0.490 e. The Morgan fingerprint density at radius 3 is 2.00 bits per heavy atom. The topological polar surface area (TPSA) is 35.0 Å². The number of nitrogens with zero attached hydrogens (tertiary/aromatic N) is 2. The molecule has 0 bridgehead atoms. The van der Waals surface area contributed by atoms with Gasteiger partial charge in [0.05, 0.1) is 19.0 Å². The van der Waals surface area contributed by atoms with Crippen molar-refractivity contribution in [2.45, 2.75) is 78.1 Å². The van der Waals surface area contributed by atoms with Crippen molar-refractivity contribution in [1.29, 1.82) is 0 Å². The molecule has 0 saturated carbocycles. The number of hydrogen-bond donors (Lipinski definition) is 0. The third kappa shape index (κ3) is 7.55. The van der Waals surface area contributed by atoms with Crippen molar-refractivity contribution >= 4 is 0 Å². The SMILES string of the molecule is CCCCCCCOc1cnc(-c2ccc(CCCCCC)cc2)nc1. The summed E-state index contributed by atoms with van der Waals surface area (Å²) in [6, 6.07) is 8.65. The second-order valence-corrected chi connectivity index (χ2v) is 7.01. The zero-order valence-corrected chi connectivity index (χ0v) is 16.5. The molecule has 0 atom stereocenters. The quantitative estimate of drug-likeness (QED) is 0.379. The standard InChI is InChI=1S/C23H34N2O/c1-3-5-7-9-11-17-26-22-18-24-23(25-19-22)21-15-13-20(14-16-21)12-10-8-6-4-2/h13-16,18-19H,3-12,17H2,1-2H3. The fourth-order valence-corrected chi connectivity index (χ4v) is 3.01. The largest absolute Gasteiger partial charge is 0.490 e. The van der Waals surface area contributed by atoms with Crippen molar-refractivity contribution in [2.75, 3.05) is 6.61 Å². The van der Waals surface area contributed by atoms with Gasteiger partial charge in [0.1, 0.15) is 0 Å². The maximum Gasteiger partial charge on any atom is 0.159 e. The van der Waals surface area contributed by atoms with Gasteiger partial charge in [-0.25, -0.2) is 9.97 Å². The molecule has 0 N–H and O–H groups in total. The number of hydrogen-bond acceptors (Lipinski definition) is 3. The van der Waals surface area contributed by atoms with Gasteiger partial charge in [0.25, 0.3) is 0 Å². The van der Waals surface area contributed by atoms with Crippen LogP contribution in [0.15, 0.2) is 36.7 Å². The lowest BCUT2D eigenvalue weighted by atomic mass is 10.0. The van der Waals surface area contributed by atoms with Crippen molar-refractivity contribution in [1.82, 2.24) is 9.97 Å². The first-order valence-electron chi connectivity index (χ1n) is 10.4. The minimum absolute atomic E-state index is 0.749. The summed E-state index contributed by atoms with van der Waals surface area (Å²) in [5.41, 5.74) is 2.46. The van der Waals surface area contributed by atoms with Crippen LogP contribution in [0.3, 0.4) is 0 Å². The van der Waals surface area contributed by atoms with Gasteiger partial charge in [-0.05, 0) is 24.8 Å². The lowest BCUT2D eigenvalue weighted by molar-refractivity contribution is 0.302. The highest BCUT2D eigenvalue weighted by Gasteiger charge is 2.03. The predicted molar refractivity (Wildman–Crippen MR) is 110 cm³/mol. The number of benzene rings is 1. The van der Waals surface area contributed by atoms with E-state index in [9.17, 15) is 0 Å². The molecule has 1 heterocycles. The smallest absolute Gasteiger partial charge is 0.159 e. The highest BCUT2D eigenvalue weighted by Crippen LogP contribution is 2.18. The Bertz CT molecular complexity index is 593. The Morgan fingerprint density at radius 1 is 0.731 bits per heavy atom. The predicted octanol–water partition coefficient (Wildman–Crippen LogP) is 6.62. The molecule has 0 unspecified atom stereocenters. The summed E-state index contributed by atoms with van der Waals surface area (Å²) >= 11 is 0. The number of ether oxygens (including phenoxy) is 1. The van der Waals surface area contributed by atoms with Gasteiger partial charge in [0.15, 0.2) is 11.6 Å². The molecule has 2 rings (SSSR count). The Morgan fingerprint density at radius 2 is 1.35 bits per heavy atom. The molecule has 142 valence electrons. The van der Waals surface area contributed by atoms with Crippen molar-refractivity contribution in [3.63, 3.8) is 0 Å². The van der Waals surface area contributed by atoms with E-state index in [4.69, 9.17) is 4.74 Å². The van der Waals surface area contributed by atoms with Crippen molar-refractivity contribution in [3.05, 3.63) is 42.2 Å². The van der Waals surface area contributed by atoms with Crippen molar-refractivity contribution in [2.24, 2.45) is 0 Å². The molecular weight excluding hydrogens is 320 g/mol. The Hall–Kier alpha value is -1.90. The Kier molecular flexibility index (Phi) is 9.78. The highest BCUT2D eigenvalue weighted by atomic mass is 16.5. The molecule has 0 aliphatic carbocycles. The van der Waals surface area contributed by atoms with Crippen LogP contribution >= 0.6 is 0 Å². The number of unbranched alkanes of at least 4 members (excludes halogenated alkanes) is 7. The molecule has 3 heteroatoms. The molecule has 0 radical (unpaired) electrons. The average molecular weight is 355 g/mol. The monoisotopic (exact) mass is 354 g/mol. The summed E-state index contributed by atoms with van der Waals surface area (Å²) in [6.45, 7) is 5.23. The van der Waals surface area contributed by atoms with Crippen molar-refractivity contribution in [3.8, 4) is 17.1 Å². The van der Waals surface area contributed by atoms with Crippen LogP contribution in [0, 0.1) is 0 Å². The Labute approximate surface area is 159 Å². The van der Waals surface area contributed by atoms with Gasteiger partial charge in [0.2, 0.25) is 0 Å². The fourth-order valence-electron chi connectivity index (χ4n) is 3.01. The first kappa shape index (κ1) is 20.4. The van der Waals surface area contributed by atoms with Gasteiger partial charge in [-0.2, -0.15) is 0 Å². The second-order valence-electron chi connectivity index (χ2n) is 7.01. The van der Waals surface area contributed by atoms with Crippen LogP contribution in [0.5, 0.6) is 5.75 Å². The minimum atomic E-state index is 0.749. The third-order valence-electron chi connectivity index (χ3n) is 4.68. The van der Waals surface area contributed by atoms with E-state index in [0.29, 0.717) is 0 Å². The molecule has 0 aliphatic rings. The normalized spacial score (nSPS) is 10.8. The van der Waals surface area contributed by atoms with Gasteiger partial charge in [-0.1, -0.05) is 83.1 Å². The lowest BCUT2D eigenvalue weighted by Gasteiger charge is -2.07. The van der Waals surface area contributed by atoms with Crippen LogP contribution in [-0.4, -0.2) is 16.6 Å². The highest BCUT2D eigenvalue weighted by molar-refractivity contribution is 5.55. The molecule has 0 spiro atoms. The maximum atomic E-state index is 5.74. The van der Waals surface area contributed by atoms with E-state index in [1.165, 1.54) is 56.9 Å². The molecule has 0 aliphatic heterocycles. The van der Waals surface area contributed by atoms with Gasteiger partial charge < -0.3 is 4.74 Å². The molecule has 1 aromatic carbocycles. The van der Waals surface area contributed by atoms with E-state index in [0.717, 1.165) is 36.6 Å². The number of aryl methyl sites for hydroxylation is 1. The lowest BCUT2D eigenvalue weighted by Crippen LogP contribution is -1.99. The van der Waals surface area contributed by atoms with Gasteiger partial charge >= 0.3 is 0 Å². The van der Waals surface area contributed by atoms with Crippen LogP contribution in [0.4, 0.5) is 0 Å². The van der Waals surface area contributed by atoms with Crippen LogP contribution in [0.25, 0.3) is 11.4 Å². The van der Waals surface area contributed by atoms with E-state index in [1.54, 1.807) is 12.4 Å². The molecule has 3 nitrogen and oxygen atoms in total. The van der Waals surface area contributed by atoms with E-state index in [1.807, 2.05) is 0 Å². The zero-order valence-electron chi connectivity index (χ0n) is 16.5. The van der Waals surface area contributed by atoms with E-state index in [-0.39, 0.29) is 0 Å². The van der Waals surface area contributed by atoms with Gasteiger partial charge in [-0.3, -0.25) is 0 Å². The first-order chi connectivity index (χ1) is 12.8. The summed E-state index contributed by atoms with van der Waals surface area (Å²) in [5.74, 6) is 1.52. The average Bonchev–Trinajstić information content (AvgIpc) is 2.69. The molecule has 0 saturated heterocycles. The van der Waals surface area contributed by atoms with Crippen LogP contribution in [-0.2, 0) is 6.42 Å². The van der Waals surface area contributed by atoms with Crippen LogP contribution in [0.1, 0.15) is 77.2 Å². The Balaban J connectivity index is 1.76. The van der Waals surface area contributed by atoms with E-state index in [2.05, 4.69) is 48.1 Å². The summed E-state index contributed by atoms with van der Waals surface area (Å²) in [6.07, 6.45) is 16.2. The van der Waals surface area contributed by atoms with E-state index >= 15 is 0 Å². The van der Waals surface area contributed by atoms with Crippen LogP contribution in [0.2, 0.25) is 0 Å². The summed E-state index contributed by atoms with van der Waals surface area (Å²) < 4.78 is 5.74. The zero-order chi connectivity index (χ0) is 18.5. The molecule has 2 aromatic rings. The van der Waals surface area contributed by atoms with Gasteiger partial charge in [0, 0.05) is 5.56 Å². The molecular formula is C23H34N2O. The van der Waals surface area contributed by atoms with Crippen molar-refractivity contribution < 1.29 is 4.74 Å². The maximum absolute atomic E-state index is 5.74. The first-order valence-corrected chi connectivity index (χ1v) is 10.4.